The lowest BCUT2D eigenvalue weighted by molar-refractivity contribution is -0.198. The van der Waals surface area contributed by atoms with Gasteiger partial charge in [0, 0.05) is 24.7 Å². The number of hydrogen-bond acceptors (Lipinski definition) is 9. The number of hydrogen-bond donors (Lipinski definition) is 3. The molecule has 0 spiro atoms. The van der Waals surface area contributed by atoms with Crippen LogP contribution >= 0.6 is 0 Å². The molecule has 7 atom stereocenters. The number of aliphatic hydroxyl groups is 1. The number of primary amides is 1. The largest absolute Gasteiger partial charge is 0.507 e. The number of amides is 1. The minimum absolute atomic E-state index is 0.0154. The number of fused-ring (bicyclic) bond motifs is 3. The van der Waals surface area contributed by atoms with Gasteiger partial charge in [-0.1, -0.05) is 32.9 Å². The maximum Gasteiger partial charge on any atom is 0.306 e. The smallest absolute Gasteiger partial charge is 0.306 e. The molecule has 2 fully saturated rings. The van der Waals surface area contributed by atoms with Gasteiger partial charge >= 0.3 is 5.97 Å². The Kier molecular flexibility index (Phi) is 5.91. The van der Waals surface area contributed by atoms with Gasteiger partial charge in [0.2, 0.25) is 5.91 Å². The quantitative estimate of drug-likeness (QED) is 0.403. The topological polar surface area (TPSA) is 178 Å². The first-order valence-electron chi connectivity index (χ1n) is 11.5. The lowest BCUT2D eigenvalue weighted by Crippen LogP contribution is -2.73. The molecule has 1 aromatic carbocycles. The van der Waals surface area contributed by atoms with Gasteiger partial charge in [-0.25, -0.2) is 0 Å². The van der Waals surface area contributed by atoms with Crippen LogP contribution in [-0.2, 0) is 28.7 Å². The van der Waals surface area contributed by atoms with Crippen molar-refractivity contribution in [2.45, 2.75) is 51.2 Å². The highest BCUT2D eigenvalue weighted by Gasteiger charge is 2.71. The third-order valence-electron chi connectivity index (χ3n) is 7.53. The predicted molar refractivity (Wildman–Crippen MR) is 118 cm³/mol. The first kappa shape index (κ1) is 24.7. The molecule has 1 amide bonds. The standard InChI is InChI=1S/C25H27NO9/c1-9(2)7-15(29)35-21-12-8-14(28)18(24(26)33)22(31)25(12,34)23(32)19-16(21)10(3)11-5-4-6-13(27)17(11)20(19)30/h4-6,9-10,12,16,18-19,21,27,34H,7-8H2,1-3H3,(H2,26,33)/t10-,12+,16+,18?,19?,21+,25+/m0/s1. The molecule has 3 aliphatic rings. The summed E-state index contributed by atoms with van der Waals surface area (Å²) in [6.45, 7) is 5.24. The molecule has 0 radical (unpaired) electrons. The van der Waals surface area contributed by atoms with Crippen molar-refractivity contribution in [3.63, 3.8) is 0 Å². The van der Waals surface area contributed by atoms with Crippen LogP contribution in [0, 0.1) is 29.6 Å². The molecule has 1 aromatic rings. The first-order valence-corrected chi connectivity index (χ1v) is 11.5. The molecule has 0 saturated heterocycles. The number of Topliss-reactive ketones (excluding diaryl/α,β-unsaturated/α-hetero) is 4. The zero-order chi connectivity index (χ0) is 26.0. The maximum absolute atomic E-state index is 13.7. The Morgan fingerprint density at radius 3 is 2.43 bits per heavy atom. The Morgan fingerprint density at radius 2 is 1.83 bits per heavy atom. The fourth-order valence-corrected chi connectivity index (χ4v) is 5.98. The lowest BCUT2D eigenvalue weighted by atomic mass is 9.50. The van der Waals surface area contributed by atoms with Gasteiger partial charge in [-0.05, 0) is 23.5 Å². The molecule has 3 aliphatic carbocycles. The van der Waals surface area contributed by atoms with Crippen LogP contribution in [-0.4, -0.2) is 56.9 Å². The van der Waals surface area contributed by atoms with E-state index in [4.69, 9.17) is 10.5 Å². The summed E-state index contributed by atoms with van der Waals surface area (Å²) in [6.07, 6.45) is -1.98. The van der Waals surface area contributed by atoms with Crippen LogP contribution in [0.3, 0.4) is 0 Å². The van der Waals surface area contributed by atoms with Crippen molar-refractivity contribution in [3.8, 4) is 5.75 Å². The molecular weight excluding hydrogens is 458 g/mol. The summed E-state index contributed by atoms with van der Waals surface area (Å²) in [4.78, 5) is 77.8. The van der Waals surface area contributed by atoms with Gasteiger partial charge in [-0.3, -0.25) is 28.8 Å². The third kappa shape index (κ3) is 3.50. The zero-order valence-electron chi connectivity index (χ0n) is 19.5. The number of rotatable bonds is 4. The summed E-state index contributed by atoms with van der Waals surface area (Å²) in [5.74, 6) is -13.6. The second-order valence-corrected chi connectivity index (χ2v) is 10.1. The third-order valence-corrected chi connectivity index (χ3v) is 7.53. The zero-order valence-corrected chi connectivity index (χ0v) is 19.5. The molecule has 0 aromatic heterocycles. The molecular formula is C25H27NO9. The van der Waals surface area contributed by atoms with Crippen molar-refractivity contribution in [1.29, 1.82) is 0 Å². The van der Waals surface area contributed by atoms with E-state index in [2.05, 4.69) is 0 Å². The van der Waals surface area contributed by atoms with E-state index in [1.165, 1.54) is 12.1 Å². The summed E-state index contributed by atoms with van der Waals surface area (Å²) in [7, 11) is 0. The highest BCUT2D eigenvalue weighted by atomic mass is 16.5. The van der Waals surface area contributed by atoms with E-state index in [1.807, 2.05) is 0 Å². The average molecular weight is 485 g/mol. The summed E-state index contributed by atoms with van der Waals surface area (Å²) in [5, 5.41) is 21.9. The Hall–Kier alpha value is -3.40. The lowest BCUT2D eigenvalue weighted by Gasteiger charge is -2.53. The summed E-state index contributed by atoms with van der Waals surface area (Å²) < 4.78 is 5.72. The van der Waals surface area contributed by atoms with Crippen LogP contribution in [0.1, 0.15) is 55.5 Å². The van der Waals surface area contributed by atoms with Crippen LogP contribution in [0.2, 0.25) is 0 Å². The van der Waals surface area contributed by atoms with Gasteiger partial charge in [-0.15, -0.1) is 0 Å². The number of ketones is 4. The fraction of sp³-hybridized carbons (Fsp3) is 0.520. The minimum atomic E-state index is -2.94. The SMILES string of the molecule is CC(C)CC(=O)O[C@H]1[C@H]2C(C(=O)c3c(O)cccc3[C@@H]2C)C(=O)[C@]2(O)C(=O)C(C(N)=O)C(=O)C[C@H]12. The molecule has 0 heterocycles. The van der Waals surface area contributed by atoms with E-state index in [9.17, 15) is 39.0 Å². The fourth-order valence-electron chi connectivity index (χ4n) is 5.98. The van der Waals surface area contributed by atoms with Crippen molar-refractivity contribution < 1.29 is 43.7 Å². The van der Waals surface area contributed by atoms with E-state index in [-0.39, 0.29) is 23.7 Å². The monoisotopic (exact) mass is 485 g/mol. The van der Waals surface area contributed by atoms with Gasteiger partial charge in [0.15, 0.2) is 34.7 Å². The first-order chi connectivity index (χ1) is 16.3. The number of nitrogens with two attached hydrogens (primary N) is 1. The number of phenols is 1. The van der Waals surface area contributed by atoms with E-state index in [0.29, 0.717) is 5.56 Å². The normalized spacial score (nSPS) is 34.2. The minimum Gasteiger partial charge on any atom is -0.507 e. The molecule has 0 bridgehead atoms. The Balaban J connectivity index is 1.91. The second kappa shape index (κ2) is 8.37. The van der Waals surface area contributed by atoms with Gasteiger partial charge < -0.3 is 20.7 Å². The molecule has 35 heavy (non-hydrogen) atoms. The Bertz CT molecular complexity index is 1170. The number of carbonyl (C=O) groups excluding carboxylic acids is 6. The number of aromatic hydroxyl groups is 1. The molecule has 2 unspecified atom stereocenters. The number of esters is 1. The predicted octanol–water partition coefficient (Wildman–Crippen LogP) is 0.456. The molecule has 10 nitrogen and oxygen atoms in total. The molecule has 2 saturated carbocycles. The summed E-state index contributed by atoms with van der Waals surface area (Å²) in [5.41, 5.74) is 2.59. The van der Waals surface area contributed by atoms with Crippen LogP contribution in [0.15, 0.2) is 18.2 Å². The van der Waals surface area contributed by atoms with Crippen molar-refractivity contribution in [1.82, 2.24) is 0 Å². The molecule has 186 valence electrons. The Morgan fingerprint density at radius 1 is 1.17 bits per heavy atom. The van der Waals surface area contributed by atoms with Gasteiger partial charge in [0.25, 0.3) is 0 Å². The van der Waals surface area contributed by atoms with Crippen LogP contribution in [0.5, 0.6) is 5.75 Å². The molecule has 4 N–H and O–H groups in total. The van der Waals surface area contributed by atoms with Crippen LogP contribution < -0.4 is 5.73 Å². The highest BCUT2D eigenvalue weighted by Crippen LogP contribution is 2.54. The number of benzene rings is 1. The van der Waals surface area contributed by atoms with Crippen molar-refractivity contribution in [2.75, 3.05) is 0 Å². The van der Waals surface area contributed by atoms with E-state index in [0.717, 1.165) is 0 Å². The van der Waals surface area contributed by atoms with Gasteiger partial charge in [0.1, 0.15) is 11.9 Å². The van der Waals surface area contributed by atoms with E-state index < -0.39 is 82.7 Å². The number of phenolic OH excluding ortho intramolecular Hbond substituents is 1. The second-order valence-electron chi connectivity index (χ2n) is 10.1. The Labute approximate surface area is 200 Å². The van der Waals surface area contributed by atoms with Gasteiger partial charge in [0.05, 0.1) is 11.5 Å². The van der Waals surface area contributed by atoms with E-state index >= 15 is 0 Å². The van der Waals surface area contributed by atoms with Gasteiger partial charge in [-0.2, -0.15) is 0 Å². The van der Waals surface area contributed by atoms with Crippen LogP contribution in [0.25, 0.3) is 0 Å². The van der Waals surface area contributed by atoms with E-state index in [1.54, 1.807) is 26.8 Å². The van der Waals surface area contributed by atoms with Crippen molar-refractivity contribution >= 4 is 35.0 Å². The summed E-state index contributed by atoms with van der Waals surface area (Å²) >= 11 is 0. The van der Waals surface area contributed by atoms with Crippen molar-refractivity contribution in [3.05, 3.63) is 29.3 Å². The van der Waals surface area contributed by atoms with Crippen LogP contribution in [0.4, 0.5) is 0 Å². The summed E-state index contributed by atoms with van der Waals surface area (Å²) in [6, 6.07) is 4.42. The average Bonchev–Trinajstić information content (AvgIpc) is 2.75. The molecule has 0 aliphatic heterocycles. The number of carbonyl (C=O) groups is 6. The maximum atomic E-state index is 13.7. The molecule has 10 heteroatoms. The highest BCUT2D eigenvalue weighted by molar-refractivity contribution is 6.31. The number of ether oxygens (including phenoxy) is 1. The van der Waals surface area contributed by atoms with Crippen molar-refractivity contribution in [2.24, 2.45) is 35.3 Å². The molecule has 4 rings (SSSR count).